The number of carbonyl (C=O) groups is 1. The largest absolute Gasteiger partial charge is 0.399 e. The summed E-state index contributed by atoms with van der Waals surface area (Å²) in [5, 5.41) is 2.85. The molecule has 15 heavy (non-hydrogen) atoms. The van der Waals surface area contributed by atoms with Gasteiger partial charge in [-0.15, -0.1) is 0 Å². The lowest BCUT2D eigenvalue weighted by molar-refractivity contribution is -0.115. The number of rotatable bonds is 4. The van der Waals surface area contributed by atoms with Crippen LogP contribution in [0.1, 0.15) is 12.0 Å². The Morgan fingerprint density at radius 2 is 2.27 bits per heavy atom. The second-order valence-corrected chi connectivity index (χ2v) is 4.35. The molecule has 0 aliphatic carbocycles. The summed E-state index contributed by atoms with van der Waals surface area (Å²) in [7, 11) is 0. The average molecular weight is 224 g/mol. The predicted molar refractivity (Wildman–Crippen MR) is 67.2 cm³/mol. The van der Waals surface area contributed by atoms with E-state index in [1.165, 1.54) is 0 Å². The number of aryl methyl sites for hydroxylation is 1. The Kier molecular flexibility index (Phi) is 4.49. The third-order valence-electron chi connectivity index (χ3n) is 2.07. The molecular weight excluding hydrogens is 208 g/mol. The molecule has 0 fully saturated rings. The first kappa shape index (κ1) is 11.9. The highest BCUT2D eigenvalue weighted by molar-refractivity contribution is 7.98. The average Bonchev–Trinajstić information content (AvgIpc) is 2.20. The van der Waals surface area contributed by atoms with Gasteiger partial charge in [0, 0.05) is 23.5 Å². The zero-order valence-electron chi connectivity index (χ0n) is 9.04. The van der Waals surface area contributed by atoms with Crippen LogP contribution in [0.2, 0.25) is 0 Å². The van der Waals surface area contributed by atoms with E-state index in [9.17, 15) is 4.79 Å². The predicted octanol–water partition coefficient (Wildman–Crippen LogP) is 2.27. The molecular formula is C11H16N2OS. The van der Waals surface area contributed by atoms with Gasteiger partial charge < -0.3 is 11.1 Å². The van der Waals surface area contributed by atoms with Gasteiger partial charge in [-0.25, -0.2) is 0 Å². The van der Waals surface area contributed by atoms with Gasteiger partial charge in [-0.05, 0) is 30.9 Å². The summed E-state index contributed by atoms with van der Waals surface area (Å²) in [5.41, 5.74) is 8.15. The number of anilines is 2. The van der Waals surface area contributed by atoms with Crippen LogP contribution in [0.4, 0.5) is 11.4 Å². The molecule has 0 aliphatic rings. The van der Waals surface area contributed by atoms with Gasteiger partial charge in [0.2, 0.25) is 5.91 Å². The number of amides is 1. The first-order chi connectivity index (χ1) is 7.13. The molecule has 1 aromatic rings. The molecule has 1 rings (SSSR count). The van der Waals surface area contributed by atoms with Crippen molar-refractivity contribution in [2.24, 2.45) is 0 Å². The summed E-state index contributed by atoms with van der Waals surface area (Å²) in [5.74, 6) is 0.880. The van der Waals surface area contributed by atoms with E-state index < -0.39 is 0 Å². The van der Waals surface area contributed by atoms with E-state index in [-0.39, 0.29) is 5.91 Å². The Hall–Kier alpha value is -1.16. The summed E-state index contributed by atoms with van der Waals surface area (Å²) in [4.78, 5) is 11.5. The van der Waals surface area contributed by atoms with Gasteiger partial charge in [0.05, 0.1) is 0 Å². The van der Waals surface area contributed by atoms with Crippen molar-refractivity contribution in [3.63, 3.8) is 0 Å². The summed E-state index contributed by atoms with van der Waals surface area (Å²) >= 11 is 1.66. The topological polar surface area (TPSA) is 55.1 Å². The molecule has 0 aliphatic heterocycles. The van der Waals surface area contributed by atoms with E-state index in [2.05, 4.69) is 5.32 Å². The molecule has 82 valence electrons. The van der Waals surface area contributed by atoms with Gasteiger partial charge in [0.1, 0.15) is 0 Å². The van der Waals surface area contributed by atoms with Crippen molar-refractivity contribution in [1.29, 1.82) is 0 Å². The minimum Gasteiger partial charge on any atom is -0.399 e. The van der Waals surface area contributed by atoms with E-state index in [0.29, 0.717) is 12.1 Å². The van der Waals surface area contributed by atoms with Crippen LogP contribution < -0.4 is 11.1 Å². The Bertz CT molecular complexity index is 352. The van der Waals surface area contributed by atoms with Crippen LogP contribution in [-0.2, 0) is 4.79 Å². The van der Waals surface area contributed by atoms with Crippen LogP contribution in [0, 0.1) is 6.92 Å². The molecule has 0 atom stereocenters. The molecule has 1 aromatic carbocycles. The quantitative estimate of drug-likeness (QED) is 0.771. The highest BCUT2D eigenvalue weighted by Crippen LogP contribution is 2.18. The number of thioether (sulfide) groups is 1. The molecule has 0 unspecified atom stereocenters. The molecule has 0 saturated heterocycles. The number of hydrogen-bond donors (Lipinski definition) is 2. The van der Waals surface area contributed by atoms with E-state index in [4.69, 9.17) is 5.73 Å². The number of nitrogens with two attached hydrogens (primary N) is 1. The van der Waals surface area contributed by atoms with E-state index in [1.54, 1.807) is 17.8 Å². The highest BCUT2D eigenvalue weighted by Gasteiger charge is 2.04. The lowest BCUT2D eigenvalue weighted by Gasteiger charge is -2.08. The lowest BCUT2D eigenvalue weighted by Crippen LogP contribution is -2.13. The summed E-state index contributed by atoms with van der Waals surface area (Å²) in [6.07, 6.45) is 2.52. The first-order valence-electron chi connectivity index (χ1n) is 4.78. The molecule has 0 saturated carbocycles. The minimum absolute atomic E-state index is 0.0399. The normalized spacial score (nSPS) is 10.0. The molecule has 0 bridgehead atoms. The molecule has 4 heteroatoms. The fourth-order valence-electron chi connectivity index (χ4n) is 1.18. The maximum Gasteiger partial charge on any atom is 0.225 e. The summed E-state index contributed by atoms with van der Waals surface area (Å²) in [6, 6.07) is 5.51. The molecule has 3 nitrogen and oxygen atoms in total. The van der Waals surface area contributed by atoms with Crippen molar-refractivity contribution in [3.05, 3.63) is 23.8 Å². The highest BCUT2D eigenvalue weighted by atomic mass is 32.2. The van der Waals surface area contributed by atoms with E-state index in [0.717, 1.165) is 17.0 Å². The maximum absolute atomic E-state index is 11.5. The second kappa shape index (κ2) is 5.66. The van der Waals surface area contributed by atoms with Crippen LogP contribution in [0.3, 0.4) is 0 Å². The number of hydrogen-bond acceptors (Lipinski definition) is 3. The minimum atomic E-state index is 0.0399. The van der Waals surface area contributed by atoms with Gasteiger partial charge in [0.15, 0.2) is 0 Å². The van der Waals surface area contributed by atoms with Crippen LogP contribution >= 0.6 is 11.8 Å². The van der Waals surface area contributed by atoms with Crippen LogP contribution in [-0.4, -0.2) is 17.9 Å². The standard InChI is InChI=1S/C11H16N2OS/c1-8-3-4-9(12)7-10(8)13-11(14)5-6-15-2/h3-4,7H,5-6,12H2,1-2H3,(H,13,14). The zero-order chi connectivity index (χ0) is 11.3. The fourth-order valence-corrected chi connectivity index (χ4v) is 1.57. The van der Waals surface area contributed by atoms with Crippen molar-refractivity contribution in [2.45, 2.75) is 13.3 Å². The first-order valence-corrected chi connectivity index (χ1v) is 6.18. The monoisotopic (exact) mass is 224 g/mol. The number of benzene rings is 1. The van der Waals surface area contributed by atoms with E-state index in [1.807, 2.05) is 25.3 Å². The van der Waals surface area contributed by atoms with Crippen molar-refractivity contribution in [3.8, 4) is 0 Å². The SMILES string of the molecule is CSCCC(=O)Nc1cc(N)ccc1C. The Balaban J connectivity index is 2.63. The Morgan fingerprint density at radius 1 is 1.53 bits per heavy atom. The van der Waals surface area contributed by atoms with Gasteiger partial charge in [-0.3, -0.25) is 4.79 Å². The number of nitrogen functional groups attached to an aromatic ring is 1. The summed E-state index contributed by atoms with van der Waals surface area (Å²) in [6.45, 7) is 1.95. The fraction of sp³-hybridized carbons (Fsp3) is 0.364. The van der Waals surface area contributed by atoms with E-state index >= 15 is 0 Å². The van der Waals surface area contributed by atoms with Crippen LogP contribution in [0.15, 0.2) is 18.2 Å². The number of nitrogens with one attached hydrogen (secondary N) is 1. The van der Waals surface area contributed by atoms with Gasteiger partial charge in [0.25, 0.3) is 0 Å². The van der Waals surface area contributed by atoms with Crippen LogP contribution in [0.25, 0.3) is 0 Å². The molecule has 0 spiro atoms. The second-order valence-electron chi connectivity index (χ2n) is 3.37. The van der Waals surface area contributed by atoms with Gasteiger partial charge in [-0.1, -0.05) is 6.07 Å². The molecule has 3 N–H and O–H groups in total. The van der Waals surface area contributed by atoms with Crippen LogP contribution in [0.5, 0.6) is 0 Å². The van der Waals surface area contributed by atoms with Gasteiger partial charge >= 0.3 is 0 Å². The Morgan fingerprint density at radius 3 is 2.93 bits per heavy atom. The van der Waals surface area contributed by atoms with Gasteiger partial charge in [-0.2, -0.15) is 11.8 Å². The zero-order valence-corrected chi connectivity index (χ0v) is 9.86. The maximum atomic E-state index is 11.5. The van der Waals surface area contributed by atoms with Crippen molar-refractivity contribution < 1.29 is 4.79 Å². The molecule has 1 amide bonds. The molecule has 0 aromatic heterocycles. The smallest absolute Gasteiger partial charge is 0.225 e. The molecule has 0 heterocycles. The van der Waals surface area contributed by atoms with Crippen molar-refractivity contribution in [2.75, 3.05) is 23.1 Å². The molecule has 0 radical (unpaired) electrons. The number of carbonyl (C=O) groups excluding carboxylic acids is 1. The Labute approximate surface area is 94.4 Å². The third kappa shape index (κ3) is 3.83. The van der Waals surface area contributed by atoms with Crippen molar-refractivity contribution >= 4 is 29.0 Å². The third-order valence-corrected chi connectivity index (χ3v) is 2.68. The van der Waals surface area contributed by atoms with Crippen molar-refractivity contribution in [1.82, 2.24) is 0 Å². The summed E-state index contributed by atoms with van der Waals surface area (Å²) < 4.78 is 0. The lowest BCUT2D eigenvalue weighted by atomic mass is 10.2.